The number of hydrogen-bond donors (Lipinski definition) is 2. The fraction of sp³-hybridized carbons (Fsp3) is 0.500. The maximum atomic E-state index is 10.9. The van der Waals surface area contributed by atoms with Gasteiger partial charge in [-0.3, -0.25) is 4.79 Å². The molecule has 3 nitrogen and oxygen atoms in total. The van der Waals surface area contributed by atoms with Gasteiger partial charge in [0.15, 0.2) is 0 Å². The summed E-state index contributed by atoms with van der Waals surface area (Å²) in [5, 5.41) is 12.3. The fourth-order valence-corrected chi connectivity index (χ4v) is 2.09. The van der Waals surface area contributed by atoms with Crippen LogP contribution < -0.4 is 5.32 Å². The highest BCUT2D eigenvalue weighted by atomic mass is 16.4. The first-order valence-electron chi connectivity index (χ1n) is 6.00. The number of nitrogens with one attached hydrogen (secondary N) is 1. The van der Waals surface area contributed by atoms with Gasteiger partial charge >= 0.3 is 5.97 Å². The van der Waals surface area contributed by atoms with Crippen LogP contribution in [0.2, 0.25) is 0 Å². The third kappa shape index (κ3) is 3.48. The second-order valence-corrected chi connectivity index (χ2v) is 4.60. The molecule has 1 rings (SSSR count). The topological polar surface area (TPSA) is 49.3 Å². The summed E-state index contributed by atoms with van der Waals surface area (Å²) >= 11 is 0. The van der Waals surface area contributed by atoms with Gasteiger partial charge in [0, 0.05) is 12.2 Å². The van der Waals surface area contributed by atoms with E-state index < -0.39 is 5.97 Å². The molecule has 1 atom stereocenters. The summed E-state index contributed by atoms with van der Waals surface area (Å²) in [4.78, 5) is 10.9. The molecule has 3 heteroatoms. The molecule has 94 valence electrons. The Kier molecular flexibility index (Phi) is 4.55. The van der Waals surface area contributed by atoms with Crippen molar-refractivity contribution in [2.45, 2.75) is 34.1 Å². The number of aryl methyl sites for hydroxylation is 3. The number of benzene rings is 1. The van der Waals surface area contributed by atoms with Gasteiger partial charge in [-0.15, -0.1) is 0 Å². The van der Waals surface area contributed by atoms with E-state index in [1.807, 2.05) is 20.8 Å². The Bertz CT molecular complexity index is 390. The minimum atomic E-state index is -0.734. The van der Waals surface area contributed by atoms with Crippen LogP contribution in [0.4, 0.5) is 5.69 Å². The molecule has 0 heterocycles. The first-order valence-corrected chi connectivity index (χ1v) is 6.00. The van der Waals surface area contributed by atoms with Gasteiger partial charge in [0.05, 0.1) is 5.92 Å². The lowest BCUT2D eigenvalue weighted by Gasteiger charge is -2.16. The quantitative estimate of drug-likeness (QED) is 0.824. The zero-order valence-corrected chi connectivity index (χ0v) is 11.0. The average molecular weight is 235 g/mol. The van der Waals surface area contributed by atoms with Crippen molar-refractivity contribution in [1.82, 2.24) is 0 Å². The smallest absolute Gasteiger partial charge is 0.308 e. The van der Waals surface area contributed by atoms with Crippen LogP contribution in [-0.2, 0) is 4.79 Å². The van der Waals surface area contributed by atoms with Crippen molar-refractivity contribution >= 4 is 11.7 Å². The van der Waals surface area contributed by atoms with Gasteiger partial charge in [-0.2, -0.15) is 0 Å². The van der Waals surface area contributed by atoms with Crippen molar-refractivity contribution in [3.05, 3.63) is 28.8 Å². The number of carboxylic acid groups (broad SMARTS) is 1. The fourth-order valence-electron chi connectivity index (χ4n) is 2.09. The number of anilines is 1. The highest BCUT2D eigenvalue weighted by molar-refractivity contribution is 5.71. The van der Waals surface area contributed by atoms with E-state index in [0.717, 1.165) is 5.69 Å². The normalized spacial score (nSPS) is 12.2. The molecular formula is C14H21NO2. The Hall–Kier alpha value is -1.51. The van der Waals surface area contributed by atoms with Crippen molar-refractivity contribution in [2.24, 2.45) is 5.92 Å². The molecule has 0 saturated heterocycles. The maximum Gasteiger partial charge on any atom is 0.308 e. The molecule has 0 bridgehead atoms. The zero-order valence-electron chi connectivity index (χ0n) is 11.0. The van der Waals surface area contributed by atoms with Crippen molar-refractivity contribution in [1.29, 1.82) is 0 Å². The van der Waals surface area contributed by atoms with E-state index in [0.29, 0.717) is 13.0 Å². The van der Waals surface area contributed by atoms with Crippen molar-refractivity contribution in [2.75, 3.05) is 11.9 Å². The van der Waals surface area contributed by atoms with Crippen LogP contribution in [0, 0.1) is 26.7 Å². The van der Waals surface area contributed by atoms with Crippen molar-refractivity contribution < 1.29 is 9.90 Å². The molecule has 0 aromatic heterocycles. The van der Waals surface area contributed by atoms with Crippen LogP contribution in [0.3, 0.4) is 0 Å². The third-order valence-corrected chi connectivity index (χ3v) is 3.04. The zero-order chi connectivity index (χ0) is 13.0. The monoisotopic (exact) mass is 235 g/mol. The highest BCUT2D eigenvalue weighted by Crippen LogP contribution is 2.22. The van der Waals surface area contributed by atoms with Gasteiger partial charge < -0.3 is 10.4 Å². The van der Waals surface area contributed by atoms with E-state index in [9.17, 15) is 4.79 Å². The third-order valence-electron chi connectivity index (χ3n) is 3.04. The van der Waals surface area contributed by atoms with Gasteiger partial charge in [0.1, 0.15) is 0 Å². The predicted octanol–water partition coefficient (Wildman–Crippen LogP) is 3.13. The highest BCUT2D eigenvalue weighted by Gasteiger charge is 2.15. The van der Waals surface area contributed by atoms with Gasteiger partial charge in [0.25, 0.3) is 0 Å². The van der Waals surface area contributed by atoms with Crippen LogP contribution in [0.15, 0.2) is 12.1 Å². The van der Waals surface area contributed by atoms with E-state index in [1.54, 1.807) is 0 Å². The van der Waals surface area contributed by atoms with Gasteiger partial charge in [-0.05, 0) is 38.3 Å². The lowest BCUT2D eigenvalue weighted by molar-refractivity contribution is -0.141. The Labute approximate surface area is 103 Å². The van der Waals surface area contributed by atoms with Gasteiger partial charge in [0.2, 0.25) is 0 Å². The number of rotatable bonds is 5. The van der Waals surface area contributed by atoms with Crippen LogP contribution in [0.1, 0.15) is 30.0 Å². The first kappa shape index (κ1) is 13.6. The van der Waals surface area contributed by atoms with E-state index in [-0.39, 0.29) is 5.92 Å². The molecule has 1 aromatic carbocycles. The van der Waals surface area contributed by atoms with Crippen molar-refractivity contribution in [3.63, 3.8) is 0 Å². The second-order valence-electron chi connectivity index (χ2n) is 4.60. The molecule has 0 aliphatic heterocycles. The van der Waals surface area contributed by atoms with E-state index in [4.69, 9.17) is 5.11 Å². The Morgan fingerprint density at radius 3 is 2.24 bits per heavy atom. The van der Waals surface area contributed by atoms with Crippen LogP contribution in [-0.4, -0.2) is 17.6 Å². The molecule has 17 heavy (non-hydrogen) atoms. The molecule has 1 unspecified atom stereocenters. The molecule has 0 saturated carbocycles. The van der Waals surface area contributed by atoms with E-state index in [1.165, 1.54) is 16.7 Å². The molecule has 0 amide bonds. The largest absolute Gasteiger partial charge is 0.481 e. The molecule has 0 aliphatic carbocycles. The molecule has 0 aliphatic rings. The number of aliphatic carboxylic acids is 1. The van der Waals surface area contributed by atoms with Crippen molar-refractivity contribution in [3.8, 4) is 0 Å². The number of carboxylic acids is 1. The average Bonchev–Trinajstić information content (AvgIpc) is 2.21. The van der Waals surface area contributed by atoms with E-state index in [2.05, 4.69) is 24.4 Å². The first-order chi connectivity index (χ1) is 7.95. The predicted molar refractivity (Wildman–Crippen MR) is 70.6 cm³/mol. The van der Waals surface area contributed by atoms with Crippen LogP contribution in [0.5, 0.6) is 0 Å². The lowest BCUT2D eigenvalue weighted by atomic mass is 10.0. The Morgan fingerprint density at radius 1 is 1.29 bits per heavy atom. The molecular weight excluding hydrogens is 214 g/mol. The second kappa shape index (κ2) is 5.71. The van der Waals surface area contributed by atoms with Crippen LogP contribution >= 0.6 is 0 Å². The number of carbonyl (C=O) groups is 1. The molecule has 0 spiro atoms. The maximum absolute atomic E-state index is 10.9. The summed E-state index contributed by atoms with van der Waals surface area (Å²) in [6.45, 7) is 8.54. The van der Waals surface area contributed by atoms with E-state index >= 15 is 0 Å². The van der Waals surface area contributed by atoms with Crippen LogP contribution in [0.25, 0.3) is 0 Å². The minimum Gasteiger partial charge on any atom is -0.481 e. The summed E-state index contributed by atoms with van der Waals surface area (Å²) in [5.41, 5.74) is 4.64. The molecule has 0 radical (unpaired) electrons. The summed E-state index contributed by atoms with van der Waals surface area (Å²) in [5.74, 6) is -1.06. The summed E-state index contributed by atoms with van der Waals surface area (Å²) in [6, 6.07) is 4.22. The van der Waals surface area contributed by atoms with Gasteiger partial charge in [-0.25, -0.2) is 0 Å². The summed E-state index contributed by atoms with van der Waals surface area (Å²) in [7, 11) is 0. The Morgan fingerprint density at radius 2 is 1.82 bits per heavy atom. The minimum absolute atomic E-state index is 0.324. The lowest BCUT2D eigenvalue weighted by Crippen LogP contribution is -2.22. The number of hydrogen-bond acceptors (Lipinski definition) is 2. The van der Waals surface area contributed by atoms with Gasteiger partial charge in [-0.1, -0.05) is 24.6 Å². The Balaban J connectivity index is 2.79. The summed E-state index contributed by atoms with van der Waals surface area (Å²) < 4.78 is 0. The molecule has 2 N–H and O–H groups in total. The summed E-state index contributed by atoms with van der Waals surface area (Å²) in [6.07, 6.45) is 0.645. The SMILES string of the molecule is CCC(CNc1c(C)cc(C)cc1C)C(=O)O. The molecule has 0 fully saturated rings. The standard InChI is InChI=1S/C14H21NO2/c1-5-12(14(16)17)8-15-13-10(3)6-9(2)7-11(13)4/h6-7,12,15H,5,8H2,1-4H3,(H,16,17). The molecule has 1 aromatic rings.